The van der Waals surface area contributed by atoms with Gasteiger partial charge in [-0.15, -0.1) is 0 Å². The molecule has 3 aliphatic heterocycles. The van der Waals surface area contributed by atoms with Crippen LogP contribution in [0.5, 0.6) is 0 Å². The Hall–Kier alpha value is -5.14. The number of carbonyl (C=O) groups excluding carboxylic acids is 3. The van der Waals surface area contributed by atoms with Crippen molar-refractivity contribution in [3.05, 3.63) is 106 Å². The van der Waals surface area contributed by atoms with Gasteiger partial charge < -0.3 is 4.90 Å². The maximum atomic E-state index is 14.8. The van der Waals surface area contributed by atoms with Crippen LogP contribution >= 0.6 is 0 Å². The van der Waals surface area contributed by atoms with Crippen LogP contribution in [0.15, 0.2) is 66.7 Å². The first-order valence-corrected chi connectivity index (χ1v) is 15.0. The second kappa shape index (κ2) is 11.4. The second-order valence-electron chi connectivity index (χ2n) is 11.8. The third kappa shape index (κ3) is 5.29. The normalized spacial score (nSPS) is 18.4. The highest BCUT2D eigenvalue weighted by atomic mass is 19.1. The fraction of sp³-hybridized carbons (Fsp3) is 0.257. The fourth-order valence-corrected chi connectivity index (χ4v) is 6.71. The molecule has 0 aliphatic carbocycles. The molecule has 7 rings (SSSR count). The summed E-state index contributed by atoms with van der Waals surface area (Å²) in [6.45, 7) is 3.69. The number of benzene rings is 4. The minimum absolute atomic E-state index is 0.136. The van der Waals surface area contributed by atoms with E-state index in [1.807, 2.05) is 23.1 Å². The van der Waals surface area contributed by atoms with E-state index in [1.54, 1.807) is 12.1 Å². The average molecular weight is 606 g/mol. The number of carbonyl (C=O) groups is 3. The smallest absolute Gasteiger partial charge is 0.259 e. The van der Waals surface area contributed by atoms with Crippen LogP contribution in [-0.2, 0) is 22.6 Å². The topological polar surface area (TPSA) is 96.8 Å². The molecular weight excluding hydrogens is 576 g/mol. The molecule has 0 radical (unpaired) electrons. The second-order valence-corrected chi connectivity index (χ2v) is 11.8. The van der Waals surface area contributed by atoms with E-state index < -0.39 is 23.7 Å². The van der Waals surface area contributed by atoms with Crippen molar-refractivity contribution in [1.29, 1.82) is 5.26 Å². The number of nitrogens with zero attached hydrogens (tertiary/aromatic N) is 4. The molecule has 45 heavy (non-hydrogen) atoms. The molecule has 2 saturated heterocycles. The van der Waals surface area contributed by atoms with Gasteiger partial charge in [-0.05, 0) is 71.3 Å². The van der Waals surface area contributed by atoms with Crippen LogP contribution in [0.1, 0.15) is 45.5 Å². The van der Waals surface area contributed by atoms with Gasteiger partial charge >= 0.3 is 0 Å². The van der Waals surface area contributed by atoms with Crippen LogP contribution < -0.4 is 15.1 Å². The quantitative estimate of drug-likeness (QED) is 0.321. The van der Waals surface area contributed by atoms with Crippen molar-refractivity contribution >= 4 is 39.9 Å². The number of piperazine rings is 1. The molecule has 3 amide bonds. The monoisotopic (exact) mass is 605 g/mol. The molecule has 4 aromatic carbocycles. The van der Waals surface area contributed by atoms with Crippen LogP contribution in [0, 0.1) is 23.0 Å². The Morgan fingerprint density at radius 2 is 1.60 bits per heavy atom. The van der Waals surface area contributed by atoms with Crippen LogP contribution in [0.25, 0.3) is 10.8 Å². The summed E-state index contributed by atoms with van der Waals surface area (Å²) < 4.78 is 29.3. The van der Waals surface area contributed by atoms with Crippen molar-refractivity contribution in [2.45, 2.75) is 31.8 Å². The molecule has 4 aromatic rings. The molecule has 10 heteroatoms. The number of halogens is 2. The lowest BCUT2D eigenvalue weighted by Crippen LogP contribution is -2.53. The Bertz CT molecular complexity index is 1910. The number of imide groups is 1. The molecule has 226 valence electrons. The standard InChI is InChI=1S/C35H29F2N5O3/c36-25-17-26-24(6-8-30-33(26)27(18-25)35(45)42(30)31-9-10-32(43)39-34(31)44)15-21-1-3-22(4-2-21)20-40-11-13-41(14-12-40)29-7-5-23(19-38)16-28(29)37/h1-8,16-18,31H,9-15,20H2,(H,39,43,44)/t31-/m1/s1. The van der Waals surface area contributed by atoms with Crippen LogP contribution in [0.3, 0.4) is 0 Å². The minimum Gasteiger partial charge on any atom is -0.367 e. The van der Waals surface area contributed by atoms with Gasteiger partial charge in [0.15, 0.2) is 0 Å². The zero-order valence-corrected chi connectivity index (χ0v) is 24.4. The van der Waals surface area contributed by atoms with E-state index in [2.05, 4.69) is 34.5 Å². The Kier molecular flexibility index (Phi) is 7.26. The molecule has 1 N–H and O–H groups in total. The van der Waals surface area contributed by atoms with Gasteiger partial charge in [-0.25, -0.2) is 8.78 Å². The number of hydrogen-bond acceptors (Lipinski definition) is 6. The highest BCUT2D eigenvalue weighted by Gasteiger charge is 2.41. The van der Waals surface area contributed by atoms with Crippen LogP contribution in [0.2, 0.25) is 0 Å². The molecule has 0 bridgehead atoms. The third-order valence-electron chi connectivity index (χ3n) is 8.99. The first-order valence-electron chi connectivity index (χ1n) is 15.0. The van der Waals surface area contributed by atoms with Gasteiger partial charge in [-0.2, -0.15) is 5.26 Å². The van der Waals surface area contributed by atoms with E-state index >= 15 is 0 Å². The van der Waals surface area contributed by atoms with Gasteiger partial charge in [0.05, 0.1) is 28.6 Å². The Labute approximate surface area is 258 Å². The summed E-state index contributed by atoms with van der Waals surface area (Å²) in [5, 5.41) is 12.6. The maximum Gasteiger partial charge on any atom is 0.259 e. The summed E-state index contributed by atoms with van der Waals surface area (Å²) in [4.78, 5) is 43.5. The summed E-state index contributed by atoms with van der Waals surface area (Å²) in [6, 6.07) is 20.3. The van der Waals surface area contributed by atoms with E-state index in [0.29, 0.717) is 47.2 Å². The van der Waals surface area contributed by atoms with Crippen molar-refractivity contribution in [2.75, 3.05) is 36.0 Å². The van der Waals surface area contributed by atoms with Crippen molar-refractivity contribution < 1.29 is 23.2 Å². The molecule has 0 unspecified atom stereocenters. The summed E-state index contributed by atoms with van der Waals surface area (Å²) in [6.07, 6.45) is 0.881. The van der Waals surface area contributed by atoms with Crippen molar-refractivity contribution in [3.63, 3.8) is 0 Å². The number of rotatable bonds is 6. The predicted molar refractivity (Wildman–Crippen MR) is 165 cm³/mol. The Morgan fingerprint density at radius 1 is 0.867 bits per heavy atom. The third-order valence-corrected chi connectivity index (χ3v) is 8.99. The first-order chi connectivity index (χ1) is 21.8. The SMILES string of the molecule is N#Cc1ccc(N2CCN(Cc3ccc(Cc4ccc5c6c(cc(F)cc46)C(=O)N5[C@@H]4CCC(=O)NC4=O)cc3)CC2)c(F)c1. The summed E-state index contributed by atoms with van der Waals surface area (Å²) in [5.41, 5.74) is 4.66. The van der Waals surface area contributed by atoms with Crippen LogP contribution in [0.4, 0.5) is 20.2 Å². The average Bonchev–Trinajstić information content (AvgIpc) is 3.31. The lowest BCUT2D eigenvalue weighted by Gasteiger charge is -2.36. The summed E-state index contributed by atoms with van der Waals surface area (Å²) in [5.74, 6) is -2.22. The van der Waals surface area contributed by atoms with Gasteiger partial charge in [0.2, 0.25) is 11.8 Å². The fourth-order valence-electron chi connectivity index (χ4n) is 6.71. The zero-order valence-electron chi connectivity index (χ0n) is 24.4. The lowest BCUT2D eigenvalue weighted by molar-refractivity contribution is -0.134. The van der Waals surface area contributed by atoms with Crippen molar-refractivity contribution in [2.24, 2.45) is 0 Å². The van der Waals surface area contributed by atoms with E-state index in [-0.39, 0.29) is 30.1 Å². The molecule has 3 aliphatic rings. The number of hydrogen-bond donors (Lipinski definition) is 1. The molecule has 0 aromatic heterocycles. The summed E-state index contributed by atoms with van der Waals surface area (Å²) >= 11 is 0. The van der Waals surface area contributed by atoms with Gasteiger partial charge in [-0.1, -0.05) is 30.3 Å². The number of nitriles is 1. The lowest BCUT2D eigenvalue weighted by atomic mass is 9.95. The first kappa shape index (κ1) is 28.6. The molecule has 3 heterocycles. The van der Waals surface area contributed by atoms with Crippen molar-refractivity contribution in [1.82, 2.24) is 10.2 Å². The van der Waals surface area contributed by atoms with E-state index in [9.17, 15) is 23.2 Å². The number of anilines is 2. The van der Waals surface area contributed by atoms with Gasteiger partial charge in [0, 0.05) is 44.5 Å². The number of nitrogens with one attached hydrogen (secondary N) is 1. The molecular formula is C35H29F2N5O3. The largest absolute Gasteiger partial charge is 0.367 e. The Balaban J connectivity index is 1.05. The highest BCUT2D eigenvalue weighted by Crippen LogP contribution is 2.42. The molecule has 0 saturated carbocycles. The number of piperidine rings is 1. The van der Waals surface area contributed by atoms with Crippen molar-refractivity contribution in [3.8, 4) is 6.07 Å². The zero-order chi connectivity index (χ0) is 31.2. The van der Waals surface area contributed by atoms with E-state index in [0.717, 1.165) is 36.3 Å². The summed E-state index contributed by atoms with van der Waals surface area (Å²) in [7, 11) is 0. The van der Waals surface area contributed by atoms with Gasteiger partial charge in [0.25, 0.3) is 5.91 Å². The minimum atomic E-state index is -0.827. The molecule has 0 spiro atoms. The van der Waals surface area contributed by atoms with E-state index in [4.69, 9.17) is 5.26 Å². The Morgan fingerprint density at radius 3 is 2.31 bits per heavy atom. The van der Waals surface area contributed by atoms with E-state index in [1.165, 1.54) is 23.1 Å². The number of amides is 3. The molecule has 8 nitrogen and oxygen atoms in total. The van der Waals surface area contributed by atoms with Crippen LogP contribution in [-0.4, -0.2) is 54.8 Å². The van der Waals surface area contributed by atoms with Gasteiger partial charge in [-0.3, -0.25) is 29.5 Å². The predicted octanol–water partition coefficient (Wildman–Crippen LogP) is 4.67. The highest BCUT2D eigenvalue weighted by molar-refractivity contribution is 6.27. The molecule has 2 fully saturated rings. The van der Waals surface area contributed by atoms with Gasteiger partial charge in [0.1, 0.15) is 17.7 Å². The molecule has 1 atom stereocenters. The maximum absolute atomic E-state index is 14.8.